The Morgan fingerprint density at radius 1 is 1.75 bits per heavy atom. The van der Waals surface area contributed by atoms with Crippen LogP contribution in [0.15, 0.2) is 0 Å². The van der Waals surface area contributed by atoms with Gasteiger partial charge in [0.25, 0.3) is 0 Å². The van der Waals surface area contributed by atoms with Gasteiger partial charge in [0, 0.05) is 20.3 Å². The summed E-state index contributed by atoms with van der Waals surface area (Å²) in [6, 6.07) is 0. The molecular formula is C5H13NO2. The van der Waals surface area contributed by atoms with Crippen LogP contribution in [0.25, 0.3) is 0 Å². The molecule has 0 fully saturated rings. The van der Waals surface area contributed by atoms with Gasteiger partial charge in [-0.05, 0) is 6.42 Å². The second kappa shape index (κ2) is 5.03. The van der Waals surface area contributed by atoms with Crippen LogP contribution in [0.1, 0.15) is 6.42 Å². The van der Waals surface area contributed by atoms with E-state index in [4.69, 9.17) is 15.6 Å². The molecule has 0 aromatic carbocycles. The number of rotatable bonds is 4. The number of aliphatic hydroxyl groups excluding tert-OH is 1. The van der Waals surface area contributed by atoms with E-state index in [1.807, 2.05) is 0 Å². The summed E-state index contributed by atoms with van der Waals surface area (Å²) in [4.78, 5) is 0. The van der Waals surface area contributed by atoms with Gasteiger partial charge in [0.1, 0.15) is 0 Å². The first-order valence-corrected chi connectivity index (χ1v) is 2.68. The summed E-state index contributed by atoms with van der Waals surface area (Å²) in [5.74, 6) is 0. The van der Waals surface area contributed by atoms with Crippen molar-refractivity contribution in [1.29, 1.82) is 0 Å². The molecule has 0 aliphatic rings. The second-order valence-electron chi connectivity index (χ2n) is 1.67. The van der Waals surface area contributed by atoms with Gasteiger partial charge < -0.3 is 15.6 Å². The van der Waals surface area contributed by atoms with E-state index in [0.29, 0.717) is 19.6 Å². The zero-order valence-electron chi connectivity index (χ0n) is 5.13. The maximum Gasteiger partial charge on any atom is 0.0684 e. The molecule has 0 saturated carbocycles. The van der Waals surface area contributed by atoms with Crippen molar-refractivity contribution in [3.05, 3.63) is 0 Å². The van der Waals surface area contributed by atoms with Crippen molar-refractivity contribution < 1.29 is 9.84 Å². The molecule has 8 heavy (non-hydrogen) atoms. The van der Waals surface area contributed by atoms with Gasteiger partial charge in [-0.3, -0.25) is 0 Å². The molecule has 0 saturated heterocycles. The molecule has 0 aromatic rings. The lowest BCUT2D eigenvalue weighted by molar-refractivity contribution is 0.115. The Balaban J connectivity index is 2.86. The maximum atomic E-state index is 8.78. The van der Waals surface area contributed by atoms with Gasteiger partial charge in [-0.25, -0.2) is 0 Å². The van der Waals surface area contributed by atoms with Crippen LogP contribution < -0.4 is 5.73 Å². The second-order valence-corrected chi connectivity index (χ2v) is 1.67. The van der Waals surface area contributed by atoms with E-state index < -0.39 is 6.10 Å². The van der Waals surface area contributed by atoms with Gasteiger partial charge >= 0.3 is 0 Å². The van der Waals surface area contributed by atoms with E-state index in [-0.39, 0.29) is 0 Å². The zero-order valence-corrected chi connectivity index (χ0v) is 5.13. The molecule has 3 heteroatoms. The van der Waals surface area contributed by atoms with Crippen molar-refractivity contribution >= 4 is 0 Å². The Morgan fingerprint density at radius 2 is 2.38 bits per heavy atom. The Labute approximate surface area is 49.4 Å². The predicted octanol–water partition coefficient (Wildman–Crippen LogP) is -0.657. The fourth-order valence-electron chi connectivity index (χ4n) is 0.372. The van der Waals surface area contributed by atoms with Crippen molar-refractivity contribution in [2.45, 2.75) is 12.5 Å². The largest absolute Gasteiger partial charge is 0.392 e. The highest BCUT2D eigenvalue weighted by Crippen LogP contribution is 1.86. The summed E-state index contributed by atoms with van der Waals surface area (Å²) in [7, 11) is 1.60. The van der Waals surface area contributed by atoms with Crippen LogP contribution in [0.4, 0.5) is 0 Å². The quantitative estimate of drug-likeness (QED) is 0.516. The molecule has 50 valence electrons. The summed E-state index contributed by atoms with van der Waals surface area (Å²) < 4.78 is 4.70. The SMILES string of the molecule is COCC[C@H](O)CN. The summed E-state index contributed by atoms with van der Waals surface area (Å²) >= 11 is 0. The minimum atomic E-state index is -0.394. The van der Waals surface area contributed by atoms with Crippen molar-refractivity contribution in [3.63, 3.8) is 0 Å². The molecule has 0 bridgehead atoms. The van der Waals surface area contributed by atoms with Crippen molar-refractivity contribution in [3.8, 4) is 0 Å². The Morgan fingerprint density at radius 3 is 2.75 bits per heavy atom. The van der Waals surface area contributed by atoms with Crippen LogP contribution in [0.3, 0.4) is 0 Å². The van der Waals surface area contributed by atoms with Crippen LogP contribution in [0, 0.1) is 0 Å². The topological polar surface area (TPSA) is 55.5 Å². The molecule has 3 nitrogen and oxygen atoms in total. The Hall–Kier alpha value is -0.120. The zero-order chi connectivity index (χ0) is 6.41. The van der Waals surface area contributed by atoms with Gasteiger partial charge in [0.05, 0.1) is 6.10 Å². The molecule has 0 amide bonds. The third kappa shape index (κ3) is 4.05. The average molecular weight is 119 g/mol. The van der Waals surface area contributed by atoms with Gasteiger partial charge in [0.2, 0.25) is 0 Å². The smallest absolute Gasteiger partial charge is 0.0684 e. The van der Waals surface area contributed by atoms with Crippen LogP contribution in [-0.4, -0.2) is 31.5 Å². The normalized spacial score (nSPS) is 13.9. The van der Waals surface area contributed by atoms with Gasteiger partial charge in [-0.1, -0.05) is 0 Å². The Bertz CT molecular complexity index is 49.7. The highest BCUT2D eigenvalue weighted by atomic mass is 16.5. The lowest BCUT2D eigenvalue weighted by Crippen LogP contribution is -2.20. The summed E-state index contributed by atoms with van der Waals surface area (Å²) in [5.41, 5.74) is 5.11. The summed E-state index contributed by atoms with van der Waals surface area (Å²) in [6.07, 6.45) is 0.238. The minimum absolute atomic E-state index is 0.323. The number of methoxy groups -OCH3 is 1. The number of nitrogens with two attached hydrogens (primary N) is 1. The third-order valence-corrected chi connectivity index (χ3v) is 0.927. The van der Waals surface area contributed by atoms with Gasteiger partial charge in [-0.15, -0.1) is 0 Å². The van der Waals surface area contributed by atoms with Crippen molar-refractivity contribution in [2.24, 2.45) is 5.73 Å². The third-order valence-electron chi connectivity index (χ3n) is 0.927. The molecule has 0 aliphatic carbocycles. The van der Waals surface area contributed by atoms with E-state index in [9.17, 15) is 0 Å². The highest BCUT2D eigenvalue weighted by molar-refractivity contribution is 4.52. The van der Waals surface area contributed by atoms with Crippen LogP contribution in [-0.2, 0) is 4.74 Å². The number of hydrogen-bond acceptors (Lipinski definition) is 3. The average Bonchev–Trinajstić information content (AvgIpc) is 1.83. The van der Waals surface area contributed by atoms with Gasteiger partial charge in [0.15, 0.2) is 0 Å². The van der Waals surface area contributed by atoms with Gasteiger partial charge in [-0.2, -0.15) is 0 Å². The Kier molecular flexibility index (Phi) is 4.95. The summed E-state index contributed by atoms with van der Waals surface area (Å²) in [6.45, 7) is 0.904. The first-order valence-electron chi connectivity index (χ1n) is 2.68. The standard InChI is InChI=1S/C5H13NO2/c1-8-3-2-5(7)4-6/h5,7H,2-4,6H2,1H3/t5-/m0/s1. The summed E-state index contributed by atoms with van der Waals surface area (Å²) in [5, 5.41) is 8.78. The molecule has 0 radical (unpaired) electrons. The molecule has 0 spiro atoms. The maximum absolute atomic E-state index is 8.78. The van der Waals surface area contributed by atoms with E-state index in [1.165, 1.54) is 0 Å². The number of ether oxygens (including phenoxy) is 1. The van der Waals surface area contributed by atoms with Crippen LogP contribution in [0.2, 0.25) is 0 Å². The molecular weight excluding hydrogens is 106 g/mol. The first kappa shape index (κ1) is 7.88. The number of hydrogen-bond donors (Lipinski definition) is 2. The lowest BCUT2D eigenvalue weighted by Gasteiger charge is -2.04. The van der Waals surface area contributed by atoms with Crippen LogP contribution in [0.5, 0.6) is 0 Å². The fourth-order valence-corrected chi connectivity index (χ4v) is 0.372. The molecule has 1 atom stereocenters. The highest BCUT2D eigenvalue weighted by Gasteiger charge is 1.97. The van der Waals surface area contributed by atoms with E-state index >= 15 is 0 Å². The molecule has 0 aliphatic heterocycles. The van der Waals surface area contributed by atoms with E-state index in [1.54, 1.807) is 7.11 Å². The van der Waals surface area contributed by atoms with Crippen molar-refractivity contribution in [1.82, 2.24) is 0 Å². The molecule has 0 unspecified atom stereocenters. The van der Waals surface area contributed by atoms with E-state index in [2.05, 4.69) is 0 Å². The molecule has 0 rings (SSSR count). The predicted molar refractivity (Wildman–Crippen MR) is 31.6 cm³/mol. The lowest BCUT2D eigenvalue weighted by atomic mass is 10.3. The number of aliphatic hydroxyl groups is 1. The fraction of sp³-hybridized carbons (Fsp3) is 1.00. The molecule has 0 heterocycles. The van der Waals surface area contributed by atoms with E-state index in [0.717, 1.165) is 0 Å². The van der Waals surface area contributed by atoms with Crippen molar-refractivity contribution in [2.75, 3.05) is 20.3 Å². The van der Waals surface area contributed by atoms with Crippen LogP contribution >= 0.6 is 0 Å². The molecule has 0 aromatic heterocycles. The monoisotopic (exact) mass is 119 g/mol. The molecule has 3 N–H and O–H groups in total. The minimum Gasteiger partial charge on any atom is -0.392 e. The first-order chi connectivity index (χ1) is 3.81.